The van der Waals surface area contributed by atoms with Gasteiger partial charge in [0.1, 0.15) is 0 Å². The van der Waals surface area contributed by atoms with Gasteiger partial charge in [0.2, 0.25) is 0 Å². The van der Waals surface area contributed by atoms with E-state index in [-0.39, 0.29) is 0 Å². The van der Waals surface area contributed by atoms with E-state index in [1.54, 1.807) is 11.3 Å². The standard InChI is InChI=1S/C15H19N3S/c1-11-4-6-12(7-5-11)14-3-2-8-18(14)10-13-9-17-15(16)19-13/h4-7,9,14H,2-3,8,10H2,1H3,(H2,16,17). The van der Waals surface area contributed by atoms with Crippen LogP contribution in [0.1, 0.15) is 34.9 Å². The van der Waals surface area contributed by atoms with E-state index in [4.69, 9.17) is 5.73 Å². The van der Waals surface area contributed by atoms with E-state index in [1.807, 2.05) is 6.20 Å². The molecule has 3 nitrogen and oxygen atoms in total. The van der Waals surface area contributed by atoms with Crippen LogP contribution in [0.15, 0.2) is 30.5 Å². The van der Waals surface area contributed by atoms with Crippen molar-refractivity contribution >= 4 is 16.5 Å². The summed E-state index contributed by atoms with van der Waals surface area (Å²) in [6.45, 7) is 4.26. The first-order chi connectivity index (χ1) is 9.22. The lowest BCUT2D eigenvalue weighted by Crippen LogP contribution is -2.22. The zero-order chi connectivity index (χ0) is 13.2. The fourth-order valence-electron chi connectivity index (χ4n) is 2.78. The van der Waals surface area contributed by atoms with Crippen LogP contribution in [0.25, 0.3) is 0 Å². The van der Waals surface area contributed by atoms with E-state index < -0.39 is 0 Å². The third-order valence-corrected chi connectivity index (χ3v) is 4.57. The Kier molecular flexibility index (Phi) is 3.53. The third kappa shape index (κ3) is 2.80. The Labute approximate surface area is 118 Å². The second kappa shape index (κ2) is 5.31. The number of nitrogen functional groups attached to an aromatic ring is 1. The summed E-state index contributed by atoms with van der Waals surface area (Å²) in [6, 6.07) is 9.48. The average molecular weight is 273 g/mol. The van der Waals surface area contributed by atoms with Crippen molar-refractivity contribution in [3.63, 3.8) is 0 Å². The minimum atomic E-state index is 0.545. The predicted molar refractivity (Wildman–Crippen MR) is 80.1 cm³/mol. The molecule has 2 N–H and O–H groups in total. The van der Waals surface area contributed by atoms with Crippen molar-refractivity contribution in [3.8, 4) is 0 Å². The van der Waals surface area contributed by atoms with Crippen molar-refractivity contribution in [2.45, 2.75) is 32.4 Å². The third-order valence-electron chi connectivity index (χ3n) is 3.76. The molecule has 100 valence electrons. The SMILES string of the molecule is Cc1ccc(C2CCCN2Cc2cnc(N)s2)cc1. The van der Waals surface area contributed by atoms with E-state index in [2.05, 4.69) is 41.1 Å². The number of aryl methyl sites for hydroxylation is 1. The molecule has 0 bridgehead atoms. The van der Waals surface area contributed by atoms with Crippen molar-refractivity contribution in [3.05, 3.63) is 46.5 Å². The number of aromatic nitrogens is 1. The van der Waals surface area contributed by atoms with E-state index in [0.717, 1.165) is 13.1 Å². The highest BCUT2D eigenvalue weighted by Gasteiger charge is 2.26. The molecule has 0 spiro atoms. The fourth-order valence-corrected chi connectivity index (χ4v) is 3.49. The van der Waals surface area contributed by atoms with Gasteiger partial charge in [-0.15, -0.1) is 11.3 Å². The number of hydrogen-bond acceptors (Lipinski definition) is 4. The lowest BCUT2D eigenvalue weighted by molar-refractivity contribution is 0.250. The van der Waals surface area contributed by atoms with E-state index in [1.165, 1.54) is 28.8 Å². The first-order valence-corrected chi connectivity index (χ1v) is 7.55. The van der Waals surface area contributed by atoms with Crippen LogP contribution in [0.2, 0.25) is 0 Å². The van der Waals surface area contributed by atoms with Gasteiger partial charge in [0, 0.05) is 23.7 Å². The van der Waals surface area contributed by atoms with Gasteiger partial charge in [-0.05, 0) is 31.9 Å². The molecule has 19 heavy (non-hydrogen) atoms. The van der Waals surface area contributed by atoms with Gasteiger partial charge >= 0.3 is 0 Å². The largest absolute Gasteiger partial charge is 0.375 e. The fraction of sp³-hybridized carbons (Fsp3) is 0.400. The minimum Gasteiger partial charge on any atom is -0.375 e. The van der Waals surface area contributed by atoms with Crippen molar-refractivity contribution in [2.75, 3.05) is 12.3 Å². The first-order valence-electron chi connectivity index (χ1n) is 6.73. The number of hydrogen-bond donors (Lipinski definition) is 1. The molecule has 0 saturated carbocycles. The van der Waals surface area contributed by atoms with Crippen LogP contribution < -0.4 is 5.73 Å². The van der Waals surface area contributed by atoms with Gasteiger partial charge in [0.15, 0.2) is 5.13 Å². The van der Waals surface area contributed by atoms with Gasteiger partial charge in [-0.2, -0.15) is 0 Å². The number of rotatable bonds is 3. The summed E-state index contributed by atoms with van der Waals surface area (Å²) in [7, 11) is 0. The van der Waals surface area contributed by atoms with Crippen molar-refractivity contribution in [2.24, 2.45) is 0 Å². The van der Waals surface area contributed by atoms with Crippen LogP contribution in [-0.4, -0.2) is 16.4 Å². The van der Waals surface area contributed by atoms with Gasteiger partial charge < -0.3 is 5.73 Å². The molecule has 0 aliphatic carbocycles. The van der Waals surface area contributed by atoms with E-state index in [9.17, 15) is 0 Å². The second-order valence-corrected chi connectivity index (χ2v) is 6.35. The molecule has 1 atom stereocenters. The molecule has 1 fully saturated rings. The molecule has 1 aliphatic heterocycles. The van der Waals surface area contributed by atoms with Crippen LogP contribution in [-0.2, 0) is 6.54 Å². The smallest absolute Gasteiger partial charge is 0.180 e. The normalized spacial score (nSPS) is 19.9. The van der Waals surface area contributed by atoms with Crippen molar-refractivity contribution < 1.29 is 0 Å². The first kappa shape index (κ1) is 12.6. The number of thiazole rings is 1. The molecule has 1 unspecified atom stereocenters. The quantitative estimate of drug-likeness (QED) is 0.932. The van der Waals surface area contributed by atoms with Crippen LogP contribution in [0.5, 0.6) is 0 Å². The molecular formula is C15H19N3S. The summed E-state index contributed by atoms with van der Waals surface area (Å²) < 4.78 is 0. The number of nitrogens with zero attached hydrogens (tertiary/aromatic N) is 2. The zero-order valence-electron chi connectivity index (χ0n) is 11.2. The Balaban J connectivity index is 1.76. The lowest BCUT2D eigenvalue weighted by atomic mass is 10.0. The number of anilines is 1. The van der Waals surface area contributed by atoms with Gasteiger partial charge in [0.05, 0.1) is 0 Å². The van der Waals surface area contributed by atoms with Crippen molar-refractivity contribution in [1.29, 1.82) is 0 Å². The highest BCUT2D eigenvalue weighted by Crippen LogP contribution is 2.34. The van der Waals surface area contributed by atoms with E-state index in [0.29, 0.717) is 11.2 Å². The Morgan fingerprint density at radius 3 is 2.84 bits per heavy atom. The lowest BCUT2D eigenvalue weighted by Gasteiger charge is -2.24. The van der Waals surface area contributed by atoms with Crippen LogP contribution in [0, 0.1) is 6.92 Å². The Morgan fingerprint density at radius 2 is 2.16 bits per heavy atom. The monoisotopic (exact) mass is 273 g/mol. The predicted octanol–water partition coefficient (Wildman–Crippen LogP) is 3.37. The molecule has 0 radical (unpaired) electrons. The number of nitrogens with two attached hydrogens (primary N) is 1. The Bertz CT molecular complexity index is 547. The highest BCUT2D eigenvalue weighted by atomic mass is 32.1. The van der Waals surface area contributed by atoms with Gasteiger partial charge in [0.25, 0.3) is 0 Å². The summed E-state index contributed by atoms with van der Waals surface area (Å²) in [4.78, 5) is 7.94. The molecule has 1 aromatic heterocycles. The minimum absolute atomic E-state index is 0.545. The molecule has 2 heterocycles. The highest BCUT2D eigenvalue weighted by molar-refractivity contribution is 7.15. The molecule has 0 amide bonds. The summed E-state index contributed by atoms with van der Waals surface area (Å²) in [5, 5.41) is 0.668. The molecule has 3 rings (SSSR count). The molecule has 1 aliphatic rings. The molecule has 1 aromatic carbocycles. The molecular weight excluding hydrogens is 254 g/mol. The van der Waals surface area contributed by atoms with Gasteiger partial charge in [-0.3, -0.25) is 4.90 Å². The summed E-state index contributed by atoms with van der Waals surface area (Å²) in [5.41, 5.74) is 8.46. The zero-order valence-corrected chi connectivity index (χ0v) is 12.0. The molecule has 4 heteroatoms. The topological polar surface area (TPSA) is 42.2 Å². The van der Waals surface area contributed by atoms with E-state index >= 15 is 0 Å². The summed E-state index contributed by atoms with van der Waals surface area (Å²) in [6.07, 6.45) is 4.43. The maximum atomic E-state index is 5.70. The summed E-state index contributed by atoms with van der Waals surface area (Å²) in [5.74, 6) is 0. The van der Waals surface area contributed by atoms with Crippen LogP contribution in [0.3, 0.4) is 0 Å². The van der Waals surface area contributed by atoms with Gasteiger partial charge in [-0.25, -0.2) is 4.98 Å². The number of likely N-dealkylation sites (tertiary alicyclic amines) is 1. The van der Waals surface area contributed by atoms with Crippen LogP contribution in [0.4, 0.5) is 5.13 Å². The number of benzene rings is 1. The van der Waals surface area contributed by atoms with Crippen molar-refractivity contribution in [1.82, 2.24) is 9.88 Å². The molecule has 1 saturated heterocycles. The Hall–Kier alpha value is -1.39. The van der Waals surface area contributed by atoms with Crippen LogP contribution >= 0.6 is 11.3 Å². The summed E-state index contributed by atoms with van der Waals surface area (Å²) >= 11 is 1.60. The maximum absolute atomic E-state index is 5.70. The molecule has 2 aromatic rings. The van der Waals surface area contributed by atoms with Gasteiger partial charge in [-0.1, -0.05) is 29.8 Å². The second-order valence-electron chi connectivity index (χ2n) is 5.20. The Morgan fingerprint density at radius 1 is 1.37 bits per heavy atom. The maximum Gasteiger partial charge on any atom is 0.180 e. The average Bonchev–Trinajstić information content (AvgIpc) is 3.00.